The van der Waals surface area contributed by atoms with Gasteiger partial charge in [-0.2, -0.15) is 0 Å². The fourth-order valence-corrected chi connectivity index (χ4v) is 5.55. The van der Waals surface area contributed by atoms with Gasteiger partial charge in [0.2, 0.25) is 0 Å². The van der Waals surface area contributed by atoms with Crippen LogP contribution in [0.5, 0.6) is 11.5 Å². The van der Waals surface area contributed by atoms with Crippen molar-refractivity contribution in [1.82, 2.24) is 5.32 Å². The highest BCUT2D eigenvalue weighted by atomic mass is 32.2. The van der Waals surface area contributed by atoms with Gasteiger partial charge in [0.1, 0.15) is 5.92 Å². The van der Waals surface area contributed by atoms with Crippen LogP contribution in [0.1, 0.15) is 49.7 Å². The second kappa shape index (κ2) is 10.8. The van der Waals surface area contributed by atoms with Crippen molar-refractivity contribution in [3.8, 4) is 11.5 Å². The van der Waals surface area contributed by atoms with Crippen LogP contribution < -0.4 is 14.8 Å². The molecular weight excluding hydrogens is 474 g/mol. The topological polar surface area (TPSA) is 73.9 Å². The van der Waals surface area contributed by atoms with Crippen LogP contribution in [-0.2, 0) is 14.3 Å². The Kier molecular flexibility index (Phi) is 7.79. The van der Waals surface area contributed by atoms with Gasteiger partial charge < -0.3 is 19.5 Å². The van der Waals surface area contributed by atoms with Crippen molar-refractivity contribution in [1.29, 1.82) is 0 Å². The molecule has 1 aliphatic carbocycles. The Labute approximate surface area is 217 Å². The Balaban J connectivity index is 1.76. The molecule has 36 heavy (non-hydrogen) atoms. The molecule has 3 unspecified atom stereocenters. The molecule has 7 heteroatoms. The van der Waals surface area contributed by atoms with Gasteiger partial charge in [0, 0.05) is 34.2 Å². The smallest absolute Gasteiger partial charge is 0.316 e. The second-order valence-electron chi connectivity index (χ2n) is 9.40. The summed E-state index contributed by atoms with van der Waals surface area (Å²) < 4.78 is 16.5. The highest BCUT2D eigenvalue weighted by molar-refractivity contribution is 7.98. The van der Waals surface area contributed by atoms with E-state index in [1.165, 1.54) is 0 Å². The minimum atomic E-state index is -0.687. The zero-order chi connectivity index (χ0) is 26.0. The van der Waals surface area contributed by atoms with Gasteiger partial charge in [-0.05, 0) is 67.8 Å². The molecule has 6 nitrogen and oxygen atoms in total. The standard InChI is InChI=1S/C29H33NO5S/c1-16(2)35-29(32)26-17(3)30-22-13-20(19-9-12-24(33-4)25(15-19)34-5)14-23(31)28(22)27(26)18-7-10-21(36-6)11-8-18/h7-12,15-16,20,26-27,30H,3,13-14H2,1-2,4-6H3. The number of methoxy groups -OCH3 is 2. The van der Waals surface area contributed by atoms with E-state index >= 15 is 0 Å². The quantitative estimate of drug-likeness (QED) is 0.387. The fourth-order valence-electron chi connectivity index (χ4n) is 5.15. The number of hydrogen-bond acceptors (Lipinski definition) is 7. The highest BCUT2D eigenvalue weighted by Gasteiger charge is 2.45. The molecule has 0 aromatic heterocycles. The average Bonchev–Trinajstić information content (AvgIpc) is 2.86. The first kappa shape index (κ1) is 25.9. The number of nitrogens with one attached hydrogen (secondary N) is 1. The zero-order valence-electron chi connectivity index (χ0n) is 21.4. The summed E-state index contributed by atoms with van der Waals surface area (Å²) in [6.07, 6.45) is 2.72. The maximum absolute atomic E-state index is 13.8. The molecule has 1 N–H and O–H groups in total. The van der Waals surface area contributed by atoms with Gasteiger partial charge in [-0.15, -0.1) is 11.8 Å². The summed E-state index contributed by atoms with van der Waals surface area (Å²) in [6, 6.07) is 13.8. The van der Waals surface area contributed by atoms with E-state index in [0.717, 1.165) is 21.7 Å². The average molecular weight is 508 g/mol. The van der Waals surface area contributed by atoms with Crippen molar-refractivity contribution in [2.45, 2.75) is 49.5 Å². The van der Waals surface area contributed by atoms with Crippen LogP contribution in [0.25, 0.3) is 0 Å². The van der Waals surface area contributed by atoms with E-state index in [9.17, 15) is 9.59 Å². The molecular formula is C29H33NO5S. The number of allylic oxidation sites excluding steroid dienone is 2. The molecule has 4 rings (SSSR count). The van der Waals surface area contributed by atoms with E-state index in [-0.39, 0.29) is 23.8 Å². The van der Waals surface area contributed by atoms with Crippen molar-refractivity contribution in [3.63, 3.8) is 0 Å². The van der Waals surface area contributed by atoms with Crippen LogP contribution >= 0.6 is 11.8 Å². The molecule has 0 saturated carbocycles. The van der Waals surface area contributed by atoms with E-state index in [4.69, 9.17) is 14.2 Å². The van der Waals surface area contributed by atoms with E-state index in [1.54, 1.807) is 26.0 Å². The Morgan fingerprint density at radius 3 is 2.31 bits per heavy atom. The molecule has 0 amide bonds. The first-order valence-corrected chi connectivity index (χ1v) is 13.3. The van der Waals surface area contributed by atoms with Crippen LogP contribution in [0, 0.1) is 5.92 Å². The van der Waals surface area contributed by atoms with E-state index in [2.05, 4.69) is 11.9 Å². The van der Waals surface area contributed by atoms with E-state index in [0.29, 0.717) is 35.6 Å². The Hall–Kier alpha value is -3.19. The van der Waals surface area contributed by atoms with Crippen molar-refractivity contribution >= 4 is 23.5 Å². The maximum atomic E-state index is 13.8. The monoisotopic (exact) mass is 507 g/mol. The van der Waals surface area contributed by atoms with Crippen LogP contribution in [0.4, 0.5) is 0 Å². The van der Waals surface area contributed by atoms with Gasteiger partial charge in [-0.1, -0.05) is 24.8 Å². The molecule has 0 bridgehead atoms. The van der Waals surface area contributed by atoms with Crippen molar-refractivity contribution < 1.29 is 23.8 Å². The predicted molar refractivity (Wildman–Crippen MR) is 142 cm³/mol. The maximum Gasteiger partial charge on any atom is 0.316 e. The van der Waals surface area contributed by atoms with Gasteiger partial charge in [-0.25, -0.2) is 0 Å². The number of ketones is 1. The molecule has 190 valence electrons. The number of thioether (sulfide) groups is 1. The normalized spacial score (nSPS) is 21.7. The summed E-state index contributed by atoms with van der Waals surface area (Å²) in [5, 5.41) is 3.33. The molecule has 1 heterocycles. The summed E-state index contributed by atoms with van der Waals surface area (Å²) in [5.74, 6) is -0.239. The Bertz CT molecular complexity index is 1200. The first-order chi connectivity index (χ1) is 17.3. The minimum absolute atomic E-state index is 0.0253. The van der Waals surface area contributed by atoms with Crippen LogP contribution in [-0.4, -0.2) is 38.3 Å². The van der Waals surface area contributed by atoms with E-state index < -0.39 is 11.8 Å². The number of Topliss-reactive ketones (excluding diaryl/α,β-unsaturated/α-hetero) is 1. The number of carbonyl (C=O) groups excluding carboxylic acids is 2. The summed E-state index contributed by atoms with van der Waals surface area (Å²) in [6.45, 7) is 7.84. The lowest BCUT2D eigenvalue weighted by molar-refractivity contribution is -0.151. The minimum Gasteiger partial charge on any atom is -0.493 e. The van der Waals surface area contributed by atoms with Gasteiger partial charge in [0.05, 0.1) is 20.3 Å². The van der Waals surface area contributed by atoms with Crippen molar-refractivity contribution in [2.24, 2.45) is 5.92 Å². The lowest BCUT2D eigenvalue weighted by Crippen LogP contribution is -2.42. The Morgan fingerprint density at radius 2 is 1.69 bits per heavy atom. The van der Waals surface area contributed by atoms with Gasteiger partial charge >= 0.3 is 5.97 Å². The number of esters is 1. The molecule has 3 atom stereocenters. The predicted octanol–water partition coefficient (Wildman–Crippen LogP) is 5.59. The third-order valence-corrected chi connectivity index (χ3v) is 7.54. The molecule has 0 spiro atoms. The number of ether oxygens (including phenoxy) is 3. The number of rotatable bonds is 7. The molecule has 2 aromatic rings. The molecule has 0 fully saturated rings. The molecule has 1 aliphatic heterocycles. The van der Waals surface area contributed by atoms with Crippen LogP contribution in [0.15, 0.2) is 70.9 Å². The Morgan fingerprint density at radius 1 is 1.03 bits per heavy atom. The summed E-state index contributed by atoms with van der Waals surface area (Å²) in [7, 11) is 3.20. The second-order valence-corrected chi connectivity index (χ2v) is 10.3. The lowest BCUT2D eigenvalue weighted by Gasteiger charge is -2.40. The van der Waals surface area contributed by atoms with Gasteiger partial charge in [-0.3, -0.25) is 9.59 Å². The zero-order valence-corrected chi connectivity index (χ0v) is 22.2. The molecule has 2 aromatic carbocycles. The van der Waals surface area contributed by atoms with Crippen molar-refractivity contribution in [3.05, 3.63) is 77.1 Å². The third-order valence-electron chi connectivity index (χ3n) is 6.80. The summed E-state index contributed by atoms with van der Waals surface area (Å²) in [4.78, 5) is 28.1. The number of benzene rings is 2. The van der Waals surface area contributed by atoms with Crippen LogP contribution in [0.3, 0.4) is 0 Å². The van der Waals surface area contributed by atoms with Crippen molar-refractivity contribution in [2.75, 3.05) is 20.5 Å². The fraction of sp³-hybridized carbons (Fsp3) is 0.379. The summed E-state index contributed by atoms with van der Waals surface area (Å²) >= 11 is 1.65. The summed E-state index contributed by atoms with van der Waals surface area (Å²) in [5.41, 5.74) is 3.94. The largest absolute Gasteiger partial charge is 0.493 e. The van der Waals surface area contributed by atoms with Gasteiger partial charge in [0.15, 0.2) is 17.3 Å². The molecule has 0 saturated heterocycles. The lowest BCUT2D eigenvalue weighted by atomic mass is 9.69. The number of carbonyl (C=O) groups is 2. The molecule has 2 aliphatic rings. The van der Waals surface area contributed by atoms with Crippen LogP contribution in [0.2, 0.25) is 0 Å². The van der Waals surface area contributed by atoms with Gasteiger partial charge in [0.25, 0.3) is 0 Å². The number of hydrogen-bond donors (Lipinski definition) is 1. The SMILES string of the molecule is C=C1NC2=C(C(=O)CC(c3ccc(OC)c(OC)c3)C2)C(c2ccc(SC)cc2)C1C(=O)OC(C)C. The third kappa shape index (κ3) is 5.03. The highest BCUT2D eigenvalue weighted by Crippen LogP contribution is 2.48. The molecule has 0 radical (unpaired) electrons. The van der Waals surface area contributed by atoms with E-state index in [1.807, 2.05) is 62.6 Å². The first-order valence-electron chi connectivity index (χ1n) is 12.1.